The maximum atomic E-state index is 12.4. The lowest BCUT2D eigenvalue weighted by Crippen LogP contribution is -2.23. The summed E-state index contributed by atoms with van der Waals surface area (Å²) in [7, 11) is 3.37. The van der Waals surface area contributed by atoms with E-state index in [4.69, 9.17) is 15.0 Å². The van der Waals surface area contributed by atoms with Crippen molar-refractivity contribution in [2.45, 2.75) is 46.6 Å². The van der Waals surface area contributed by atoms with Crippen LogP contribution in [0.15, 0.2) is 45.6 Å². The summed E-state index contributed by atoms with van der Waals surface area (Å²) >= 11 is 0. The number of hydrazine groups is 1. The number of ether oxygens (including phenoxy) is 1. The van der Waals surface area contributed by atoms with Gasteiger partial charge in [0.25, 0.3) is 0 Å². The van der Waals surface area contributed by atoms with Crippen molar-refractivity contribution in [1.82, 2.24) is 5.01 Å². The molecule has 0 spiro atoms. The van der Waals surface area contributed by atoms with Gasteiger partial charge in [-0.1, -0.05) is 25.5 Å². The van der Waals surface area contributed by atoms with Crippen molar-refractivity contribution in [3.63, 3.8) is 0 Å². The topological polar surface area (TPSA) is 97.8 Å². The lowest BCUT2D eigenvalue weighted by atomic mass is 10.0. The van der Waals surface area contributed by atoms with E-state index in [9.17, 15) is 9.59 Å². The third kappa shape index (κ3) is 6.34. The minimum Gasteiger partial charge on any atom is -0.489 e. The quantitative estimate of drug-likeness (QED) is 0.178. The normalized spacial score (nSPS) is 10.3. The molecule has 0 aliphatic carbocycles. The maximum Gasteiger partial charge on any atom is 0.339 e. The van der Waals surface area contributed by atoms with Crippen LogP contribution in [0, 0.1) is 13.8 Å². The molecule has 0 saturated carbocycles. The van der Waals surface area contributed by atoms with Crippen LogP contribution in [0.2, 0.25) is 0 Å². The molecule has 0 fully saturated rings. The zero-order valence-electron chi connectivity index (χ0n) is 19.5. The molecule has 3 N–H and O–H groups in total. The number of hydrogen-bond acceptors (Lipinski definition) is 6. The molecular weight excluding hydrogens is 406 g/mol. The molecular formula is C25H33N3O4. The first-order chi connectivity index (χ1) is 15.3. The van der Waals surface area contributed by atoms with Crippen LogP contribution in [0.5, 0.6) is 5.75 Å². The fourth-order valence-corrected chi connectivity index (χ4v) is 3.39. The van der Waals surface area contributed by atoms with Gasteiger partial charge in [0.15, 0.2) is 0 Å². The van der Waals surface area contributed by atoms with E-state index in [1.165, 1.54) is 12.6 Å². The number of unbranched alkanes of at least 4 members (excludes halogenated alkanes) is 1. The second-order valence-electron chi connectivity index (χ2n) is 7.67. The Bertz CT molecular complexity index is 1110. The molecule has 0 aliphatic heterocycles. The van der Waals surface area contributed by atoms with Crippen LogP contribution in [0.4, 0.5) is 5.69 Å². The molecule has 7 nitrogen and oxygen atoms in total. The molecule has 0 aliphatic rings. The van der Waals surface area contributed by atoms with Gasteiger partial charge in [-0.25, -0.2) is 10.6 Å². The van der Waals surface area contributed by atoms with E-state index in [2.05, 4.69) is 25.2 Å². The van der Waals surface area contributed by atoms with Gasteiger partial charge in [-0.15, -0.1) is 0 Å². The summed E-state index contributed by atoms with van der Waals surface area (Å²) in [6.07, 6.45) is 3.33. The van der Waals surface area contributed by atoms with Crippen molar-refractivity contribution in [2.24, 2.45) is 5.84 Å². The Morgan fingerprint density at radius 2 is 1.91 bits per heavy atom. The molecule has 1 amide bonds. The van der Waals surface area contributed by atoms with Crippen LogP contribution < -0.4 is 21.5 Å². The number of nitrogens with zero attached hydrogens (tertiary/aromatic N) is 1. The minimum atomic E-state index is -0.234. The molecule has 172 valence electrons. The minimum absolute atomic E-state index is 0.234. The number of nitrogens with two attached hydrogens (primary N) is 1. The van der Waals surface area contributed by atoms with Gasteiger partial charge in [0, 0.05) is 42.4 Å². The molecule has 7 heteroatoms. The van der Waals surface area contributed by atoms with Crippen molar-refractivity contribution < 1.29 is 13.9 Å². The molecule has 0 atom stereocenters. The molecule has 3 aromatic rings. The van der Waals surface area contributed by atoms with Crippen molar-refractivity contribution in [3.05, 3.63) is 69.1 Å². The van der Waals surface area contributed by atoms with Crippen LogP contribution >= 0.6 is 0 Å². The summed E-state index contributed by atoms with van der Waals surface area (Å²) in [5, 5.41) is 5.12. The highest BCUT2D eigenvalue weighted by Crippen LogP contribution is 2.27. The first-order valence-corrected chi connectivity index (χ1v) is 10.7. The first-order valence-electron chi connectivity index (χ1n) is 10.7. The smallest absolute Gasteiger partial charge is 0.339 e. The molecule has 1 heterocycles. The third-order valence-electron chi connectivity index (χ3n) is 5.27. The molecule has 0 unspecified atom stereocenters. The second-order valence-corrected chi connectivity index (χ2v) is 7.67. The molecule has 2 aromatic carbocycles. The molecule has 1 aromatic heterocycles. The Hall–Kier alpha value is -3.32. The summed E-state index contributed by atoms with van der Waals surface area (Å²) in [5.41, 5.74) is 5.49. The van der Waals surface area contributed by atoms with Crippen LogP contribution in [0.3, 0.4) is 0 Å². The number of benzene rings is 2. The Morgan fingerprint density at radius 3 is 2.53 bits per heavy atom. The van der Waals surface area contributed by atoms with E-state index < -0.39 is 0 Å². The molecule has 32 heavy (non-hydrogen) atoms. The van der Waals surface area contributed by atoms with E-state index in [-0.39, 0.29) is 5.63 Å². The summed E-state index contributed by atoms with van der Waals surface area (Å²) in [6, 6.07) is 11.9. The third-order valence-corrected chi connectivity index (χ3v) is 5.27. The van der Waals surface area contributed by atoms with Gasteiger partial charge in [0.1, 0.15) is 17.9 Å². The van der Waals surface area contributed by atoms with Gasteiger partial charge in [-0.05, 0) is 56.0 Å². The van der Waals surface area contributed by atoms with Gasteiger partial charge in [0.2, 0.25) is 6.41 Å². The number of carbonyl (C=O) groups excluding carboxylic acids is 1. The van der Waals surface area contributed by atoms with E-state index in [1.807, 2.05) is 44.3 Å². The average Bonchev–Trinajstić information content (AvgIpc) is 2.78. The Kier molecular flexibility index (Phi) is 9.28. The number of carbonyl (C=O) groups is 1. The van der Waals surface area contributed by atoms with Gasteiger partial charge < -0.3 is 14.5 Å². The van der Waals surface area contributed by atoms with E-state index in [1.54, 1.807) is 0 Å². The molecule has 0 radical (unpaired) electrons. The van der Waals surface area contributed by atoms with Crippen LogP contribution in [0.1, 0.15) is 42.0 Å². The van der Waals surface area contributed by atoms with Gasteiger partial charge in [0.05, 0.1) is 0 Å². The Balaban J connectivity index is 0.000000654. The largest absolute Gasteiger partial charge is 0.489 e. The average molecular weight is 440 g/mol. The predicted octanol–water partition coefficient (Wildman–Crippen LogP) is 4.32. The van der Waals surface area contributed by atoms with Crippen molar-refractivity contribution in [1.29, 1.82) is 0 Å². The van der Waals surface area contributed by atoms with E-state index in [0.717, 1.165) is 52.0 Å². The lowest BCUT2D eigenvalue weighted by Gasteiger charge is -2.14. The van der Waals surface area contributed by atoms with Crippen LogP contribution in [-0.2, 0) is 17.8 Å². The highest BCUT2D eigenvalue weighted by molar-refractivity contribution is 5.82. The van der Waals surface area contributed by atoms with E-state index >= 15 is 0 Å². The second kappa shape index (κ2) is 11.9. The van der Waals surface area contributed by atoms with E-state index in [0.29, 0.717) is 24.3 Å². The van der Waals surface area contributed by atoms with Crippen molar-refractivity contribution in [2.75, 3.05) is 19.4 Å². The zero-order chi connectivity index (χ0) is 23.7. The van der Waals surface area contributed by atoms with Gasteiger partial charge in [-0.3, -0.25) is 9.80 Å². The highest BCUT2D eigenvalue weighted by Gasteiger charge is 2.12. The van der Waals surface area contributed by atoms with Gasteiger partial charge in [-0.2, -0.15) is 0 Å². The number of nitrogens with one attached hydrogen (secondary N) is 1. The Morgan fingerprint density at radius 1 is 1.19 bits per heavy atom. The summed E-state index contributed by atoms with van der Waals surface area (Å²) in [5.74, 6) is 5.45. The SMILES string of the molecule is CCCCc1c(C)c2ccc(OCc3c(C)cccc3NC)cc2oc1=O.CN(N)C=O. The van der Waals surface area contributed by atoms with Crippen LogP contribution in [0.25, 0.3) is 11.0 Å². The molecule has 3 rings (SSSR count). The zero-order valence-corrected chi connectivity index (χ0v) is 19.5. The fraction of sp³-hybridized carbons (Fsp3) is 0.360. The van der Waals surface area contributed by atoms with Crippen molar-refractivity contribution >= 4 is 23.1 Å². The summed E-state index contributed by atoms with van der Waals surface area (Å²) < 4.78 is 11.6. The maximum absolute atomic E-state index is 12.4. The lowest BCUT2D eigenvalue weighted by molar-refractivity contribution is -0.117. The highest BCUT2D eigenvalue weighted by atomic mass is 16.5. The van der Waals surface area contributed by atoms with Crippen molar-refractivity contribution in [3.8, 4) is 5.75 Å². The number of anilines is 1. The molecule has 0 saturated heterocycles. The fourth-order valence-electron chi connectivity index (χ4n) is 3.39. The van der Waals surface area contributed by atoms with Gasteiger partial charge >= 0.3 is 5.63 Å². The number of aryl methyl sites for hydroxylation is 2. The standard InChI is InChI=1S/C23H27NO3.C2H6N2O/c1-5-6-9-19-16(3)18-12-11-17(13-22(18)27-23(19)25)26-14-20-15(2)8-7-10-21(20)24-4;1-4(3)2-5/h7-8,10-13,24H,5-6,9,14H2,1-4H3;2H,3H2,1H3. The predicted molar refractivity (Wildman–Crippen MR) is 129 cm³/mol. The Labute approximate surface area is 189 Å². The first kappa shape index (κ1) is 24.9. The number of hydrogen-bond donors (Lipinski definition) is 2. The monoisotopic (exact) mass is 439 g/mol. The molecule has 0 bridgehead atoms. The summed E-state index contributed by atoms with van der Waals surface area (Å²) in [4.78, 5) is 21.7. The number of fused-ring (bicyclic) bond motifs is 1. The number of rotatable bonds is 8. The summed E-state index contributed by atoms with van der Waals surface area (Å²) in [6.45, 7) is 6.64. The number of amides is 1. The van der Waals surface area contributed by atoms with Crippen LogP contribution in [-0.4, -0.2) is 25.5 Å².